The van der Waals surface area contributed by atoms with Crippen LogP contribution in [-0.2, 0) is 4.79 Å². The summed E-state index contributed by atoms with van der Waals surface area (Å²) in [7, 11) is 0. The third-order valence-electron chi connectivity index (χ3n) is 3.81. The number of hydrogen-bond acceptors (Lipinski definition) is 2. The minimum Gasteiger partial charge on any atom is -0.341 e. The summed E-state index contributed by atoms with van der Waals surface area (Å²) in [6, 6.07) is 0.424. The van der Waals surface area contributed by atoms with Crippen LogP contribution in [0.2, 0.25) is 0 Å². The maximum atomic E-state index is 12.1. The van der Waals surface area contributed by atoms with E-state index in [-0.39, 0.29) is 11.9 Å². The number of carbonyl (C=O) groups excluding carboxylic acids is 1. The van der Waals surface area contributed by atoms with E-state index >= 15 is 0 Å². The summed E-state index contributed by atoms with van der Waals surface area (Å²) in [5.74, 6) is 0.285. The molecular formula is C15H30N2O. The minimum atomic E-state index is -0.0238. The fourth-order valence-electron chi connectivity index (χ4n) is 2.67. The second-order valence-electron chi connectivity index (χ2n) is 5.67. The molecule has 3 heteroatoms. The summed E-state index contributed by atoms with van der Waals surface area (Å²) in [6.45, 7) is 8.34. The van der Waals surface area contributed by atoms with Crippen molar-refractivity contribution in [2.75, 3.05) is 13.1 Å². The molecule has 0 spiro atoms. The molecule has 106 valence electrons. The van der Waals surface area contributed by atoms with Gasteiger partial charge in [-0.25, -0.2) is 0 Å². The predicted molar refractivity (Wildman–Crippen MR) is 76.6 cm³/mol. The van der Waals surface area contributed by atoms with Crippen molar-refractivity contribution in [1.82, 2.24) is 10.2 Å². The van der Waals surface area contributed by atoms with Crippen molar-refractivity contribution < 1.29 is 4.79 Å². The summed E-state index contributed by atoms with van der Waals surface area (Å²) in [4.78, 5) is 14.1. The lowest BCUT2D eigenvalue weighted by atomic mass is 10.1. The van der Waals surface area contributed by atoms with E-state index in [1.807, 2.05) is 11.8 Å². The molecule has 1 fully saturated rings. The average molecular weight is 254 g/mol. The molecular weight excluding hydrogens is 224 g/mol. The van der Waals surface area contributed by atoms with Crippen LogP contribution < -0.4 is 5.32 Å². The average Bonchev–Trinajstić information content (AvgIpc) is 2.87. The van der Waals surface area contributed by atoms with Crippen molar-refractivity contribution in [1.29, 1.82) is 0 Å². The Bertz CT molecular complexity index is 237. The zero-order valence-corrected chi connectivity index (χ0v) is 12.4. The highest BCUT2D eigenvalue weighted by molar-refractivity contribution is 5.81. The molecule has 1 N–H and O–H groups in total. The van der Waals surface area contributed by atoms with E-state index in [9.17, 15) is 4.79 Å². The standard InChI is InChI=1S/C15H30N2O/c1-4-5-6-7-10-13(2)16-14(3)15(18)17-11-8-9-12-17/h13-14,16H,4-12H2,1-3H3. The van der Waals surface area contributed by atoms with Gasteiger partial charge in [-0.05, 0) is 33.1 Å². The number of amides is 1. The third-order valence-corrected chi connectivity index (χ3v) is 3.81. The predicted octanol–water partition coefficient (Wildman–Crippen LogP) is 2.95. The number of nitrogens with one attached hydrogen (secondary N) is 1. The molecule has 1 aliphatic heterocycles. The Morgan fingerprint density at radius 1 is 1.17 bits per heavy atom. The first-order chi connectivity index (χ1) is 8.65. The zero-order valence-electron chi connectivity index (χ0n) is 12.4. The number of likely N-dealkylation sites (tertiary alicyclic amines) is 1. The normalized spacial score (nSPS) is 18.9. The second-order valence-corrected chi connectivity index (χ2v) is 5.67. The summed E-state index contributed by atoms with van der Waals surface area (Å²) in [6.07, 6.45) is 8.72. The highest BCUT2D eigenvalue weighted by Crippen LogP contribution is 2.10. The molecule has 0 aromatic heterocycles. The van der Waals surface area contributed by atoms with Crippen molar-refractivity contribution in [2.24, 2.45) is 0 Å². The monoisotopic (exact) mass is 254 g/mol. The van der Waals surface area contributed by atoms with Gasteiger partial charge in [0.25, 0.3) is 0 Å². The lowest BCUT2D eigenvalue weighted by Gasteiger charge is -2.24. The minimum absolute atomic E-state index is 0.0238. The van der Waals surface area contributed by atoms with Gasteiger partial charge in [0.2, 0.25) is 5.91 Å². The molecule has 0 aliphatic carbocycles. The first-order valence-corrected chi connectivity index (χ1v) is 7.70. The molecule has 0 bridgehead atoms. The van der Waals surface area contributed by atoms with Gasteiger partial charge in [0.1, 0.15) is 0 Å². The van der Waals surface area contributed by atoms with Gasteiger partial charge in [-0.2, -0.15) is 0 Å². The van der Waals surface area contributed by atoms with Gasteiger partial charge < -0.3 is 10.2 Å². The molecule has 1 saturated heterocycles. The Hall–Kier alpha value is -0.570. The van der Waals surface area contributed by atoms with Crippen LogP contribution in [-0.4, -0.2) is 36.0 Å². The van der Waals surface area contributed by atoms with Crippen LogP contribution in [0.1, 0.15) is 65.7 Å². The van der Waals surface area contributed by atoms with Crippen LogP contribution in [0, 0.1) is 0 Å². The van der Waals surface area contributed by atoms with E-state index < -0.39 is 0 Å². The second kappa shape index (κ2) is 8.52. The fraction of sp³-hybridized carbons (Fsp3) is 0.933. The van der Waals surface area contributed by atoms with E-state index in [4.69, 9.17) is 0 Å². The Morgan fingerprint density at radius 3 is 2.44 bits per heavy atom. The van der Waals surface area contributed by atoms with Crippen LogP contribution in [0.5, 0.6) is 0 Å². The fourth-order valence-corrected chi connectivity index (χ4v) is 2.67. The van der Waals surface area contributed by atoms with Gasteiger partial charge >= 0.3 is 0 Å². The van der Waals surface area contributed by atoms with Crippen molar-refractivity contribution in [3.63, 3.8) is 0 Å². The molecule has 2 atom stereocenters. The lowest BCUT2D eigenvalue weighted by Crippen LogP contribution is -2.46. The van der Waals surface area contributed by atoms with Crippen LogP contribution in [0.3, 0.4) is 0 Å². The summed E-state index contributed by atoms with van der Waals surface area (Å²) >= 11 is 0. The first-order valence-electron chi connectivity index (χ1n) is 7.70. The summed E-state index contributed by atoms with van der Waals surface area (Å²) < 4.78 is 0. The van der Waals surface area contributed by atoms with E-state index in [1.54, 1.807) is 0 Å². The molecule has 0 aromatic rings. The van der Waals surface area contributed by atoms with Crippen LogP contribution in [0.4, 0.5) is 0 Å². The van der Waals surface area contributed by atoms with Gasteiger partial charge in [-0.3, -0.25) is 4.79 Å². The number of unbranched alkanes of at least 4 members (excludes halogenated alkanes) is 3. The van der Waals surface area contributed by atoms with E-state index in [2.05, 4.69) is 19.2 Å². The van der Waals surface area contributed by atoms with Gasteiger partial charge in [-0.15, -0.1) is 0 Å². The van der Waals surface area contributed by atoms with Crippen molar-refractivity contribution in [3.05, 3.63) is 0 Å². The molecule has 1 rings (SSSR count). The van der Waals surface area contributed by atoms with Crippen molar-refractivity contribution in [2.45, 2.75) is 77.8 Å². The van der Waals surface area contributed by atoms with Crippen LogP contribution in [0.25, 0.3) is 0 Å². The third kappa shape index (κ3) is 5.38. The smallest absolute Gasteiger partial charge is 0.239 e. The maximum absolute atomic E-state index is 12.1. The van der Waals surface area contributed by atoms with Crippen LogP contribution >= 0.6 is 0 Å². The van der Waals surface area contributed by atoms with Crippen LogP contribution in [0.15, 0.2) is 0 Å². The van der Waals surface area contributed by atoms with E-state index in [0.717, 1.165) is 13.1 Å². The highest BCUT2D eigenvalue weighted by Gasteiger charge is 2.23. The summed E-state index contributed by atoms with van der Waals surface area (Å²) in [5, 5.41) is 3.44. The highest BCUT2D eigenvalue weighted by atomic mass is 16.2. The largest absolute Gasteiger partial charge is 0.341 e. The van der Waals surface area contributed by atoms with E-state index in [0.29, 0.717) is 6.04 Å². The number of rotatable bonds is 8. The molecule has 0 saturated carbocycles. The quantitative estimate of drug-likeness (QED) is 0.675. The lowest BCUT2D eigenvalue weighted by molar-refractivity contribution is -0.132. The SMILES string of the molecule is CCCCCCC(C)NC(C)C(=O)N1CCCC1. The molecule has 1 heterocycles. The molecule has 1 aliphatic rings. The maximum Gasteiger partial charge on any atom is 0.239 e. The topological polar surface area (TPSA) is 32.3 Å². The van der Waals surface area contributed by atoms with Gasteiger partial charge in [0.05, 0.1) is 6.04 Å². The van der Waals surface area contributed by atoms with Crippen molar-refractivity contribution in [3.8, 4) is 0 Å². The number of carbonyl (C=O) groups is 1. The van der Waals surface area contributed by atoms with Gasteiger partial charge in [0.15, 0.2) is 0 Å². The van der Waals surface area contributed by atoms with Gasteiger partial charge in [0, 0.05) is 19.1 Å². The molecule has 0 radical (unpaired) electrons. The molecule has 18 heavy (non-hydrogen) atoms. The Balaban J connectivity index is 2.17. The number of nitrogens with zero attached hydrogens (tertiary/aromatic N) is 1. The molecule has 2 unspecified atom stereocenters. The first kappa shape index (κ1) is 15.5. The summed E-state index contributed by atoms with van der Waals surface area (Å²) in [5.41, 5.74) is 0. The zero-order chi connectivity index (χ0) is 13.4. The van der Waals surface area contributed by atoms with Gasteiger partial charge in [-0.1, -0.05) is 32.6 Å². The Kier molecular flexibility index (Phi) is 7.33. The molecule has 1 amide bonds. The van der Waals surface area contributed by atoms with Crippen molar-refractivity contribution >= 4 is 5.91 Å². The Labute approximate surface area is 112 Å². The molecule has 0 aromatic carbocycles. The molecule has 3 nitrogen and oxygen atoms in total. The number of hydrogen-bond donors (Lipinski definition) is 1. The van der Waals surface area contributed by atoms with E-state index in [1.165, 1.54) is 44.9 Å². The Morgan fingerprint density at radius 2 is 1.83 bits per heavy atom.